The summed E-state index contributed by atoms with van der Waals surface area (Å²) in [4.78, 5) is 7.73. The molecule has 4 N–H and O–H groups in total. The van der Waals surface area contributed by atoms with E-state index >= 15 is 0 Å². The van der Waals surface area contributed by atoms with Gasteiger partial charge in [0.1, 0.15) is 6.07 Å². The van der Waals surface area contributed by atoms with Gasteiger partial charge in [-0.15, -0.1) is 5.53 Å². The summed E-state index contributed by atoms with van der Waals surface area (Å²) in [6.45, 7) is 0. The number of nitrogens with one attached hydrogen (secondary N) is 4. The van der Waals surface area contributed by atoms with Crippen molar-refractivity contribution in [3.8, 4) is 6.07 Å². The van der Waals surface area contributed by atoms with Crippen molar-refractivity contribution in [2.24, 2.45) is 0 Å². The number of pyridine rings is 2. The Labute approximate surface area is 233 Å². The van der Waals surface area contributed by atoms with Gasteiger partial charge < -0.3 is 16.1 Å². The van der Waals surface area contributed by atoms with E-state index in [2.05, 4.69) is 37.6 Å². The molecule has 1 aliphatic carbocycles. The fraction of sp³-hybridized carbons (Fsp3) is 0.148. The molecule has 196 valence electrons. The van der Waals surface area contributed by atoms with Crippen molar-refractivity contribution in [2.45, 2.75) is 24.9 Å². The topological polar surface area (TPSA) is 101 Å². The molecule has 2 aliphatic rings. The number of fused-ring (bicyclic) bond motifs is 1. The molecule has 8 nitrogen and oxygen atoms in total. The first-order valence-corrected chi connectivity index (χ1v) is 12.7. The largest absolute Gasteiger partial charge is 0.373 e. The molecule has 0 unspecified atom stereocenters. The van der Waals surface area contributed by atoms with Crippen LogP contribution in [0.5, 0.6) is 0 Å². The van der Waals surface area contributed by atoms with Gasteiger partial charge in [0, 0.05) is 40.6 Å². The molecule has 1 atom stereocenters. The van der Waals surface area contributed by atoms with E-state index in [0.29, 0.717) is 38.9 Å². The Morgan fingerprint density at radius 1 is 1.10 bits per heavy atom. The minimum atomic E-state index is -1.59. The standard InChI is InChI=1S/C27H20Cl2F2N8/c28-20-4-2-1-3-18(20)26(23-13-39(38-37-23)17-5-6-17)35-15-7-19-24(36-16-9-22(30)27(31)34-12-16)14(10-32)11-33-25(19)21(29)8-15/h1-4,7-9,11-13,17,26,35,37-38H,5-6H2,(H,33,36)/t26-/m1/s1/i26D. The zero-order chi connectivity index (χ0) is 28.0. The summed E-state index contributed by atoms with van der Waals surface area (Å²) in [6.07, 6.45) is 6.36. The van der Waals surface area contributed by atoms with Crippen molar-refractivity contribution >= 4 is 51.2 Å². The maximum Gasteiger partial charge on any atom is 0.249 e. The highest BCUT2D eigenvalue weighted by Crippen LogP contribution is 2.38. The zero-order valence-corrected chi connectivity index (χ0v) is 21.6. The highest BCUT2D eigenvalue weighted by Gasteiger charge is 2.32. The second-order valence-electron chi connectivity index (χ2n) is 9.03. The average molecular weight is 566 g/mol. The lowest BCUT2D eigenvalue weighted by molar-refractivity contribution is 0.260. The van der Waals surface area contributed by atoms with Crippen LogP contribution in [-0.4, -0.2) is 21.0 Å². The summed E-state index contributed by atoms with van der Waals surface area (Å²) in [5.74, 6) is -2.39. The third-order valence-electron chi connectivity index (χ3n) is 6.32. The maximum absolute atomic E-state index is 13.9. The summed E-state index contributed by atoms with van der Waals surface area (Å²) in [7, 11) is 0. The number of aromatic nitrogens is 2. The van der Waals surface area contributed by atoms with E-state index in [1.807, 2.05) is 11.2 Å². The molecule has 12 heteroatoms. The van der Waals surface area contributed by atoms with Crippen molar-refractivity contribution in [2.75, 3.05) is 10.6 Å². The third-order valence-corrected chi connectivity index (χ3v) is 6.94. The molecule has 6 rings (SSSR count). The van der Waals surface area contributed by atoms with Gasteiger partial charge in [-0.05, 0) is 36.6 Å². The van der Waals surface area contributed by atoms with E-state index in [0.717, 1.165) is 25.1 Å². The van der Waals surface area contributed by atoms with Gasteiger partial charge in [-0.2, -0.15) is 9.65 Å². The van der Waals surface area contributed by atoms with Crippen molar-refractivity contribution < 1.29 is 10.2 Å². The number of nitrogens with zero attached hydrogens (tertiary/aromatic N) is 4. The first kappa shape index (κ1) is 23.9. The molecular weight excluding hydrogens is 545 g/mol. The number of anilines is 3. The number of nitriles is 1. The Kier molecular flexibility index (Phi) is 6.25. The Balaban J connectivity index is 1.47. The van der Waals surface area contributed by atoms with Gasteiger partial charge in [0.15, 0.2) is 5.82 Å². The van der Waals surface area contributed by atoms with E-state index in [-0.39, 0.29) is 22.0 Å². The first-order valence-electron chi connectivity index (χ1n) is 12.4. The van der Waals surface area contributed by atoms with Crippen molar-refractivity contribution in [3.05, 3.63) is 99.7 Å². The monoisotopic (exact) mass is 565 g/mol. The van der Waals surface area contributed by atoms with Crippen LogP contribution in [0.25, 0.3) is 10.9 Å². The number of hydrogen-bond donors (Lipinski definition) is 4. The smallest absolute Gasteiger partial charge is 0.249 e. The molecular formula is C27H20Cl2F2N8. The molecule has 0 saturated heterocycles. The van der Waals surface area contributed by atoms with Gasteiger partial charge >= 0.3 is 0 Å². The Bertz CT molecular complexity index is 1730. The summed E-state index contributed by atoms with van der Waals surface area (Å²) in [6, 6.07) is 12.1. The molecule has 39 heavy (non-hydrogen) atoms. The summed E-state index contributed by atoms with van der Waals surface area (Å²) < 4.78 is 36.9. The molecule has 1 saturated carbocycles. The van der Waals surface area contributed by atoms with Gasteiger partial charge in [0.05, 0.1) is 46.8 Å². The summed E-state index contributed by atoms with van der Waals surface area (Å²) >= 11 is 13.2. The lowest BCUT2D eigenvalue weighted by Crippen LogP contribution is -2.38. The fourth-order valence-electron chi connectivity index (χ4n) is 4.28. The molecule has 0 radical (unpaired) electrons. The van der Waals surface area contributed by atoms with Crippen LogP contribution in [0.3, 0.4) is 0 Å². The first-order chi connectivity index (χ1) is 19.3. The molecule has 4 aromatic rings. The second kappa shape index (κ2) is 10.2. The molecule has 0 spiro atoms. The minimum Gasteiger partial charge on any atom is -0.373 e. The van der Waals surface area contributed by atoms with Gasteiger partial charge in [-0.3, -0.25) is 9.99 Å². The predicted molar refractivity (Wildman–Crippen MR) is 146 cm³/mol. The quantitative estimate of drug-likeness (QED) is 0.193. The van der Waals surface area contributed by atoms with Crippen LogP contribution < -0.4 is 21.6 Å². The minimum absolute atomic E-state index is 0.120. The zero-order valence-electron chi connectivity index (χ0n) is 21.1. The molecule has 0 amide bonds. The molecule has 0 bridgehead atoms. The molecule has 2 aromatic heterocycles. The summed E-state index contributed by atoms with van der Waals surface area (Å²) in [5, 5.41) is 18.9. The van der Waals surface area contributed by atoms with E-state index in [1.165, 1.54) is 6.20 Å². The molecule has 3 heterocycles. The SMILES string of the molecule is [2H][C@](Nc1cc(Cl)c2ncc(C#N)c(Nc3cnc(F)c(F)c3)c2c1)(C1=CN(C2CC2)NN1)c1ccccc1Cl. The van der Waals surface area contributed by atoms with Crippen LogP contribution in [0.2, 0.25) is 10.0 Å². The highest BCUT2D eigenvalue weighted by atomic mass is 35.5. The summed E-state index contributed by atoms with van der Waals surface area (Å²) in [5.41, 5.74) is 8.47. The number of rotatable bonds is 7. The van der Waals surface area contributed by atoms with Crippen molar-refractivity contribution in [1.29, 1.82) is 5.26 Å². The molecule has 1 aliphatic heterocycles. The normalized spacial score (nSPS) is 16.6. The number of hydrazine groups is 2. The van der Waals surface area contributed by atoms with Crippen LogP contribution in [-0.2, 0) is 0 Å². The average Bonchev–Trinajstić information content (AvgIpc) is 3.66. The fourth-order valence-corrected chi connectivity index (χ4v) is 4.78. The second-order valence-corrected chi connectivity index (χ2v) is 9.85. The van der Waals surface area contributed by atoms with Crippen molar-refractivity contribution in [1.82, 2.24) is 25.9 Å². The molecule has 2 aromatic carbocycles. The van der Waals surface area contributed by atoms with Gasteiger partial charge in [-0.25, -0.2) is 9.37 Å². The third kappa shape index (κ3) is 5.00. The number of hydrogen-bond acceptors (Lipinski definition) is 8. The van der Waals surface area contributed by atoms with E-state index in [4.69, 9.17) is 23.2 Å². The van der Waals surface area contributed by atoms with Crippen molar-refractivity contribution in [3.63, 3.8) is 0 Å². The van der Waals surface area contributed by atoms with Crippen LogP contribution in [0, 0.1) is 23.1 Å². The van der Waals surface area contributed by atoms with Gasteiger partial charge in [0.25, 0.3) is 0 Å². The molecule has 1 fully saturated rings. The van der Waals surface area contributed by atoms with E-state index in [1.54, 1.807) is 36.4 Å². The Morgan fingerprint density at radius 3 is 2.67 bits per heavy atom. The lowest BCUT2D eigenvalue weighted by atomic mass is 10.0. The maximum atomic E-state index is 13.9. The highest BCUT2D eigenvalue weighted by molar-refractivity contribution is 6.36. The number of benzene rings is 2. The van der Waals surface area contributed by atoms with Crippen LogP contribution >= 0.6 is 23.2 Å². The Hall–Kier alpha value is -4.17. The van der Waals surface area contributed by atoms with Crippen LogP contribution in [0.4, 0.5) is 25.8 Å². The van der Waals surface area contributed by atoms with E-state index < -0.39 is 17.8 Å². The Morgan fingerprint density at radius 2 is 1.92 bits per heavy atom. The van der Waals surface area contributed by atoms with Crippen LogP contribution in [0.15, 0.2) is 66.8 Å². The van der Waals surface area contributed by atoms with Gasteiger partial charge in [-0.1, -0.05) is 41.4 Å². The number of halogens is 4. The predicted octanol–water partition coefficient (Wildman–Crippen LogP) is 6.31. The lowest BCUT2D eigenvalue weighted by Gasteiger charge is -2.23. The van der Waals surface area contributed by atoms with Gasteiger partial charge in [0.2, 0.25) is 5.95 Å². The van der Waals surface area contributed by atoms with Crippen LogP contribution in [0.1, 0.15) is 31.4 Å². The van der Waals surface area contributed by atoms with E-state index in [9.17, 15) is 15.4 Å².